The molecule has 0 bridgehead atoms. The lowest BCUT2D eigenvalue weighted by molar-refractivity contribution is 0.285. The second-order valence-corrected chi connectivity index (χ2v) is 2.30. The third kappa shape index (κ3) is 0.671. The van der Waals surface area contributed by atoms with Crippen molar-refractivity contribution >= 4 is 6.72 Å². The Hall–Kier alpha value is -0.330. The van der Waals surface area contributed by atoms with Gasteiger partial charge in [-0.1, -0.05) is 6.92 Å². The maximum atomic E-state index is 3.92. The van der Waals surface area contributed by atoms with Crippen LogP contribution in [0.5, 0.6) is 0 Å². The van der Waals surface area contributed by atoms with E-state index in [1.807, 2.05) is 0 Å². The first-order valence-electron chi connectivity index (χ1n) is 2.80. The maximum absolute atomic E-state index is 3.92. The van der Waals surface area contributed by atoms with Crippen LogP contribution < -0.4 is 0 Å². The van der Waals surface area contributed by atoms with Gasteiger partial charge in [0.1, 0.15) is 0 Å². The largest absolute Gasteiger partial charge is 0.297 e. The van der Waals surface area contributed by atoms with Gasteiger partial charge in [-0.3, -0.25) is 4.99 Å². The molecule has 1 heteroatoms. The fraction of sp³-hybridized carbons (Fsp3) is 0.833. The van der Waals surface area contributed by atoms with Gasteiger partial charge in [0.25, 0.3) is 0 Å². The summed E-state index contributed by atoms with van der Waals surface area (Å²) >= 11 is 0. The van der Waals surface area contributed by atoms with Crippen molar-refractivity contribution < 1.29 is 0 Å². The van der Waals surface area contributed by atoms with Crippen molar-refractivity contribution in [3.05, 3.63) is 0 Å². The van der Waals surface area contributed by atoms with Gasteiger partial charge in [-0.15, -0.1) is 0 Å². The second kappa shape index (κ2) is 1.65. The lowest BCUT2D eigenvalue weighted by Gasteiger charge is -2.29. The zero-order chi connectivity index (χ0) is 5.28. The molecule has 0 aromatic rings. The molecule has 0 heterocycles. The molecule has 1 saturated carbocycles. The van der Waals surface area contributed by atoms with Crippen LogP contribution in [0.4, 0.5) is 0 Å². The summed E-state index contributed by atoms with van der Waals surface area (Å²) in [5.74, 6) is 0.817. The van der Waals surface area contributed by atoms with Crippen molar-refractivity contribution in [2.24, 2.45) is 10.9 Å². The lowest BCUT2D eigenvalue weighted by atomic mass is 9.82. The van der Waals surface area contributed by atoms with Gasteiger partial charge in [0.05, 0.1) is 6.04 Å². The molecule has 0 radical (unpaired) electrons. The number of hydrogen-bond donors (Lipinski definition) is 0. The Morgan fingerprint density at radius 1 is 1.57 bits per heavy atom. The van der Waals surface area contributed by atoms with Crippen molar-refractivity contribution in [1.29, 1.82) is 0 Å². The third-order valence-electron chi connectivity index (χ3n) is 1.81. The minimum atomic E-state index is 0.597. The van der Waals surface area contributed by atoms with E-state index in [4.69, 9.17) is 0 Å². The van der Waals surface area contributed by atoms with Gasteiger partial charge in [-0.05, 0) is 25.5 Å². The summed E-state index contributed by atoms with van der Waals surface area (Å²) in [7, 11) is 0. The molecular formula is C6H11N. The van der Waals surface area contributed by atoms with Gasteiger partial charge in [0.2, 0.25) is 0 Å². The Balaban J connectivity index is 2.28. The van der Waals surface area contributed by atoms with Gasteiger partial charge < -0.3 is 0 Å². The van der Waals surface area contributed by atoms with Crippen LogP contribution in [0.25, 0.3) is 0 Å². The van der Waals surface area contributed by atoms with Crippen LogP contribution >= 0.6 is 0 Å². The van der Waals surface area contributed by atoms with Gasteiger partial charge in [-0.2, -0.15) is 0 Å². The van der Waals surface area contributed by atoms with Crippen molar-refractivity contribution in [3.8, 4) is 0 Å². The van der Waals surface area contributed by atoms with Crippen LogP contribution in [0.3, 0.4) is 0 Å². The molecule has 40 valence electrons. The number of rotatable bonds is 1. The zero-order valence-electron chi connectivity index (χ0n) is 4.72. The van der Waals surface area contributed by atoms with Crippen molar-refractivity contribution in [2.45, 2.75) is 25.8 Å². The van der Waals surface area contributed by atoms with E-state index < -0.39 is 0 Å². The van der Waals surface area contributed by atoms with Crippen LogP contribution in [-0.4, -0.2) is 12.8 Å². The average Bonchev–Trinajstić information content (AvgIpc) is 1.65. The summed E-state index contributed by atoms with van der Waals surface area (Å²) in [6.07, 6.45) is 2.62. The molecule has 0 aromatic heterocycles. The topological polar surface area (TPSA) is 12.4 Å². The number of nitrogens with zero attached hydrogens (tertiary/aromatic N) is 1. The first-order chi connectivity index (χ1) is 3.34. The van der Waals surface area contributed by atoms with Crippen LogP contribution in [0.1, 0.15) is 19.8 Å². The predicted molar refractivity (Wildman–Crippen MR) is 31.7 cm³/mol. The van der Waals surface area contributed by atoms with E-state index in [0.717, 1.165) is 5.92 Å². The van der Waals surface area contributed by atoms with E-state index in [-0.39, 0.29) is 0 Å². The highest BCUT2D eigenvalue weighted by Crippen LogP contribution is 2.28. The van der Waals surface area contributed by atoms with Crippen molar-refractivity contribution in [1.82, 2.24) is 0 Å². The quantitative estimate of drug-likeness (QED) is 0.439. The second-order valence-electron chi connectivity index (χ2n) is 2.30. The molecule has 7 heavy (non-hydrogen) atoms. The Labute approximate surface area is 44.5 Å². The molecule has 2 atom stereocenters. The first-order valence-corrected chi connectivity index (χ1v) is 2.80. The first kappa shape index (κ1) is 4.82. The molecule has 1 nitrogen and oxygen atoms in total. The van der Waals surface area contributed by atoms with E-state index in [9.17, 15) is 0 Å². The monoisotopic (exact) mass is 97.1 g/mol. The summed E-state index contributed by atoms with van der Waals surface area (Å²) in [5, 5.41) is 0. The molecule has 1 unspecified atom stereocenters. The van der Waals surface area contributed by atoms with E-state index in [1.165, 1.54) is 12.8 Å². The molecule has 1 aliphatic rings. The average molecular weight is 97.2 g/mol. The minimum Gasteiger partial charge on any atom is -0.297 e. The zero-order valence-corrected chi connectivity index (χ0v) is 4.72. The molecule has 0 spiro atoms. The summed E-state index contributed by atoms with van der Waals surface area (Å²) in [5.41, 5.74) is 0. The van der Waals surface area contributed by atoms with E-state index in [2.05, 4.69) is 18.6 Å². The van der Waals surface area contributed by atoms with E-state index in [1.54, 1.807) is 0 Å². The highest BCUT2D eigenvalue weighted by atomic mass is 14.8. The molecule has 0 saturated heterocycles. The van der Waals surface area contributed by atoms with Crippen LogP contribution in [0.15, 0.2) is 4.99 Å². The molecule has 1 rings (SSSR count). The summed E-state index contributed by atoms with van der Waals surface area (Å²) < 4.78 is 0. The molecule has 0 aromatic carbocycles. The molecule has 1 fully saturated rings. The van der Waals surface area contributed by atoms with Crippen LogP contribution in [-0.2, 0) is 0 Å². The Morgan fingerprint density at radius 2 is 2.29 bits per heavy atom. The van der Waals surface area contributed by atoms with Crippen LogP contribution in [0, 0.1) is 5.92 Å². The SMILES string of the molecule is C=NC1CC[C@@H]1C. The Kier molecular flexibility index (Phi) is 1.13. The maximum Gasteiger partial charge on any atom is 0.0518 e. The van der Waals surface area contributed by atoms with Crippen LogP contribution in [0.2, 0.25) is 0 Å². The molecule has 0 amide bonds. The summed E-state index contributed by atoms with van der Waals surface area (Å²) in [6, 6.07) is 0.597. The standard InChI is InChI=1S/C6H11N/c1-5-3-4-6(5)7-2/h5-6H,2-4H2,1H3/t5-,6?/m0/s1. The van der Waals surface area contributed by atoms with E-state index >= 15 is 0 Å². The van der Waals surface area contributed by atoms with E-state index in [0.29, 0.717) is 6.04 Å². The molecule has 1 aliphatic carbocycles. The lowest BCUT2D eigenvalue weighted by Crippen LogP contribution is -2.26. The minimum absolute atomic E-state index is 0.597. The fourth-order valence-corrected chi connectivity index (χ4v) is 0.920. The van der Waals surface area contributed by atoms with Gasteiger partial charge in [0.15, 0.2) is 0 Å². The highest BCUT2D eigenvalue weighted by Gasteiger charge is 2.24. The van der Waals surface area contributed by atoms with Crippen molar-refractivity contribution in [3.63, 3.8) is 0 Å². The number of hydrogen-bond acceptors (Lipinski definition) is 1. The normalized spacial score (nSPS) is 39.6. The Morgan fingerprint density at radius 3 is 2.29 bits per heavy atom. The molecular weight excluding hydrogens is 86.1 g/mol. The molecule has 0 aliphatic heterocycles. The third-order valence-corrected chi connectivity index (χ3v) is 1.81. The smallest absolute Gasteiger partial charge is 0.0518 e. The summed E-state index contributed by atoms with van der Waals surface area (Å²) in [4.78, 5) is 3.92. The predicted octanol–water partition coefficient (Wildman–Crippen LogP) is 1.49. The van der Waals surface area contributed by atoms with Gasteiger partial charge >= 0.3 is 0 Å². The Bertz CT molecular complexity index is 78.2. The van der Waals surface area contributed by atoms with Crippen molar-refractivity contribution in [2.75, 3.05) is 0 Å². The van der Waals surface area contributed by atoms with Gasteiger partial charge in [-0.25, -0.2) is 0 Å². The molecule has 0 N–H and O–H groups in total. The fourth-order valence-electron chi connectivity index (χ4n) is 0.920. The highest BCUT2D eigenvalue weighted by molar-refractivity contribution is 5.24. The summed E-state index contributed by atoms with van der Waals surface area (Å²) in [6.45, 7) is 5.71. The van der Waals surface area contributed by atoms with Gasteiger partial charge in [0, 0.05) is 0 Å². The number of aliphatic imine (C=N–C) groups is 1.